The molecule has 0 bridgehead atoms. The highest BCUT2D eigenvalue weighted by atomic mass is 16.1. The zero-order valence-corrected chi connectivity index (χ0v) is 13.5. The Bertz CT molecular complexity index is 1030. The van der Waals surface area contributed by atoms with E-state index in [1.807, 2.05) is 12.1 Å². The molecule has 1 N–H and O–H groups in total. The van der Waals surface area contributed by atoms with E-state index in [9.17, 15) is 4.79 Å². The van der Waals surface area contributed by atoms with Gasteiger partial charge >= 0.3 is 0 Å². The van der Waals surface area contributed by atoms with Crippen molar-refractivity contribution in [2.45, 2.75) is 13.5 Å². The highest BCUT2D eigenvalue weighted by Gasteiger charge is 2.11. The number of nitrogens with one attached hydrogen (secondary N) is 1. The summed E-state index contributed by atoms with van der Waals surface area (Å²) in [5.74, 6) is -0.0555. The van der Waals surface area contributed by atoms with E-state index >= 15 is 0 Å². The van der Waals surface area contributed by atoms with Gasteiger partial charge in [-0.2, -0.15) is 0 Å². The maximum absolute atomic E-state index is 11.4. The summed E-state index contributed by atoms with van der Waals surface area (Å²) in [6.45, 7) is 2.33. The number of amides is 1. The second-order valence-electron chi connectivity index (χ2n) is 6.00. The molecule has 0 saturated carbocycles. The fourth-order valence-corrected chi connectivity index (χ4v) is 3.27. The van der Waals surface area contributed by atoms with Crippen LogP contribution in [0.3, 0.4) is 0 Å². The predicted octanol–water partition coefficient (Wildman–Crippen LogP) is 4.80. The molecule has 0 aliphatic rings. The van der Waals surface area contributed by atoms with Crippen molar-refractivity contribution in [2.75, 3.05) is 5.32 Å². The van der Waals surface area contributed by atoms with E-state index in [1.54, 1.807) is 0 Å². The van der Waals surface area contributed by atoms with Crippen molar-refractivity contribution in [2.24, 2.45) is 0 Å². The summed E-state index contributed by atoms with van der Waals surface area (Å²) in [5, 5.41) is 5.32. The molecule has 0 fully saturated rings. The molecule has 24 heavy (non-hydrogen) atoms. The molecule has 0 saturated heterocycles. The van der Waals surface area contributed by atoms with E-state index in [0.29, 0.717) is 0 Å². The van der Waals surface area contributed by atoms with Gasteiger partial charge in [0.2, 0.25) is 5.91 Å². The van der Waals surface area contributed by atoms with Gasteiger partial charge in [0.15, 0.2) is 0 Å². The molecule has 1 amide bonds. The Morgan fingerprint density at radius 3 is 2.38 bits per heavy atom. The number of carbonyl (C=O) groups excluding carboxylic acids is 1. The van der Waals surface area contributed by atoms with Crippen molar-refractivity contribution in [3.8, 4) is 0 Å². The van der Waals surface area contributed by atoms with Crippen molar-refractivity contribution in [1.82, 2.24) is 4.57 Å². The Balaban J connectivity index is 1.94. The molecule has 3 aromatic carbocycles. The Hall–Kier alpha value is -3.07. The maximum Gasteiger partial charge on any atom is 0.221 e. The van der Waals surface area contributed by atoms with Gasteiger partial charge in [0.1, 0.15) is 0 Å². The molecule has 4 aromatic rings. The van der Waals surface area contributed by atoms with Gasteiger partial charge in [0.05, 0.1) is 5.52 Å². The number of anilines is 1. The van der Waals surface area contributed by atoms with Gasteiger partial charge < -0.3 is 9.88 Å². The van der Waals surface area contributed by atoms with E-state index in [0.717, 1.165) is 17.7 Å². The van der Waals surface area contributed by atoms with E-state index in [-0.39, 0.29) is 5.91 Å². The SMILES string of the molecule is CC(=O)Nc1ccc2c3ccccc3n(Cc3ccccc3)c2c1. The quantitative estimate of drug-likeness (QED) is 0.579. The zero-order valence-electron chi connectivity index (χ0n) is 13.5. The van der Waals surface area contributed by atoms with Crippen LogP contribution in [-0.2, 0) is 11.3 Å². The summed E-state index contributed by atoms with van der Waals surface area (Å²) in [6.07, 6.45) is 0. The normalized spacial score (nSPS) is 11.0. The van der Waals surface area contributed by atoms with Crippen LogP contribution in [0, 0.1) is 0 Å². The Morgan fingerprint density at radius 2 is 1.58 bits per heavy atom. The Morgan fingerprint density at radius 1 is 0.875 bits per heavy atom. The number of rotatable bonds is 3. The van der Waals surface area contributed by atoms with Crippen LogP contribution in [0.4, 0.5) is 5.69 Å². The van der Waals surface area contributed by atoms with Crippen molar-refractivity contribution >= 4 is 33.4 Å². The number of nitrogens with zero attached hydrogens (tertiary/aromatic N) is 1. The number of fused-ring (bicyclic) bond motifs is 3. The summed E-state index contributed by atoms with van der Waals surface area (Å²) in [5.41, 5.74) is 4.42. The first-order valence-electron chi connectivity index (χ1n) is 8.05. The minimum Gasteiger partial charge on any atom is -0.336 e. The number of benzene rings is 3. The molecular formula is C21H18N2O. The van der Waals surface area contributed by atoms with Gasteiger partial charge in [-0.05, 0) is 23.8 Å². The number of para-hydroxylation sites is 1. The van der Waals surface area contributed by atoms with E-state index in [4.69, 9.17) is 0 Å². The molecule has 1 heterocycles. The lowest BCUT2D eigenvalue weighted by molar-refractivity contribution is -0.114. The van der Waals surface area contributed by atoms with Gasteiger partial charge in [-0.25, -0.2) is 0 Å². The molecule has 1 aromatic heterocycles. The van der Waals surface area contributed by atoms with Gasteiger partial charge in [0, 0.05) is 35.4 Å². The van der Waals surface area contributed by atoms with Crippen LogP contribution in [0.2, 0.25) is 0 Å². The van der Waals surface area contributed by atoms with Crippen LogP contribution in [0.15, 0.2) is 72.8 Å². The summed E-state index contributed by atoms with van der Waals surface area (Å²) in [4.78, 5) is 11.4. The van der Waals surface area contributed by atoms with Crippen LogP contribution >= 0.6 is 0 Å². The molecule has 118 valence electrons. The van der Waals surface area contributed by atoms with Gasteiger partial charge in [-0.15, -0.1) is 0 Å². The predicted molar refractivity (Wildman–Crippen MR) is 99.3 cm³/mol. The van der Waals surface area contributed by atoms with Crippen molar-refractivity contribution < 1.29 is 4.79 Å². The highest BCUT2D eigenvalue weighted by Crippen LogP contribution is 2.31. The number of aromatic nitrogens is 1. The average Bonchev–Trinajstić information content (AvgIpc) is 2.89. The van der Waals surface area contributed by atoms with Crippen LogP contribution < -0.4 is 5.32 Å². The monoisotopic (exact) mass is 314 g/mol. The minimum atomic E-state index is -0.0555. The van der Waals surface area contributed by atoms with E-state index in [1.165, 1.54) is 28.8 Å². The first-order valence-corrected chi connectivity index (χ1v) is 8.05. The lowest BCUT2D eigenvalue weighted by Crippen LogP contribution is -2.06. The van der Waals surface area contributed by atoms with Crippen molar-refractivity contribution in [3.05, 3.63) is 78.4 Å². The summed E-state index contributed by atoms with van der Waals surface area (Å²) in [7, 11) is 0. The maximum atomic E-state index is 11.4. The van der Waals surface area contributed by atoms with Crippen LogP contribution in [-0.4, -0.2) is 10.5 Å². The standard InChI is InChI=1S/C21H18N2O/c1-15(24)22-17-11-12-19-18-9-5-6-10-20(18)23(21(19)13-17)14-16-7-3-2-4-8-16/h2-13H,14H2,1H3,(H,22,24). The molecule has 3 nitrogen and oxygen atoms in total. The fourth-order valence-electron chi connectivity index (χ4n) is 3.27. The first kappa shape index (κ1) is 14.5. The Kier molecular flexibility index (Phi) is 3.54. The highest BCUT2D eigenvalue weighted by molar-refractivity contribution is 6.09. The average molecular weight is 314 g/mol. The zero-order chi connectivity index (χ0) is 16.5. The smallest absolute Gasteiger partial charge is 0.221 e. The van der Waals surface area contributed by atoms with E-state index in [2.05, 4.69) is 70.5 Å². The molecule has 0 aliphatic heterocycles. The number of carbonyl (C=O) groups is 1. The summed E-state index contributed by atoms with van der Waals surface area (Å²) in [6, 6.07) is 25.0. The van der Waals surface area contributed by atoms with Crippen molar-refractivity contribution in [1.29, 1.82) is 0 Å². The van der Waals surface area contributed by atoms with Crippen molar-refractivity contribution in [3.63, 3.8) is 0 Å². The number of hydrogen-bond acceptors (Lipinski definition) is 1. The molecule has 0 unspecified atom stereocenters. The third kappa shape index (κ3) is 2.54. The second-order valence-corrected chi connectivity index (χ2v) is 6.00. The molecule has 3 heteroatoms. The van der Waals surface area contributed by atoms with Crippen LogP contribution in [0.5, 0.6) is 0 Å². The molecule has 0 aliphatic carbocycles. The number of hydrogen-bond donors (Lipinski definition) is 1. The van der Waals surface area contributed by atoms with Crippen LogP contribution in [0.1, 0.15) is 12.5 Å². The lowest BCUT2D eigenvalue weighted by Gasteiger charge is -2.09. The van der Waals surface area contributed by atoms with Gasteiger partial charge in [0.25, 0.3) is 0 Å². The van der Waals surface area contributed by atoms with Gasteiger partial charge in [-0.3, -0.25) is 4.79 Å². The largest absolute Gasteiger partial charge is 0.336 e. The summed E-state index contributed by atoms with van der Waals surface area (Å²) >= 11 is 0. The summed E-state index contributed by atoms with van der Waals surface area (Å²) < 4.78 is 2.31. The molecule has 0 radical (unpaired) electrons. The molecule has 4 rings (SSSR count). The van der Waals surface area contributed by atoms with Gasteiger partial charge in [-0.1, -0.05) is 54.6 Å². The molecule has 0 spiro atoms. The molecular weight excluding hydrogens is 296 g/mol. The third-order valence-electron chi connectivity index (χ3n) is 4.28. The van der Waals surface area contributed by atoms with E-state index < -0.39 is 0 Å². The lowest BCUT2D eigenvalue weighted by atomic mass is 10.1. The first-order chi connectivity index (χ1) is 11.7. The fraction of sp³-hybridized carbons (Fsp3) is 0.0952. The second kappa shape index (κ2) is 5.85. The topological polar surface area (TPSA) is 34.0 Å². The third-order valence-corrected chi connectivity index (χ3v) is 4.28. The Labute approximate surface area is 140 Å². The van der Waals surface area contributed by atoms with Crippen LogP contribution in [0.25, 0.3) is 21.8 Å². The molecule has 0 atom stereocenters. The minimum absolute atomic E-state index is 0.0555.